The van der Waals surface area contributed by atoms with Crippen molar-refractivity contribution in [1.29, 1.82) is 0 Å². The van der Waals surface area contributed by atoms with Gasteiger partial charge in [-0.1, -0.05) is 30.2 Å². The van der Waals surface area contributed by atoms with Gasteiger partial charge in [-0.3, -0.25) is 4.79 Å². The molecule has 1 saturated carbocycles. The first-order valence-electron chi connectivity index (χ1n) is 8.67. The smallest absolute Gasteiger partial charge is 0.244 e. The summed E-state index contributed by atoms with van der Waals surface area (Å²) in [4.78, 5) is 14.3. The van der Waals surface area contributed by atoms with Crippen molar-refractivity contribution in [3.8, 4) is 0 Å². The number of amides is 1. The maximum atomic E-state index is 12.7. The van der Waals surface area contributed by atoms with Crippen LogP contribution in [0.3, 0.4) is 0 Å². The molecule has 0 bridgehead atoms. The molecular formula is C17H25Cl2N3O3S. The van der Waals surface area contributed by atoms with Gasteiger partial charge in [-0.05, 0) is 30.9 Å². The topological polar surface area (TPSA) is 83.7 Å². The molecular weight excluding hydrogens is 397 g/mol. The predicted molar refractivity (Wildman–Crippen MR) is 104 cm³/mol. The fraction of sp³-hybridized carbons (Fsp3) is 0.588. The second kappa shape index (κ2) is 8.89. The van der Waals surface area contributed by atoms with Gasteiger partial charge in [0, 0.05) is 38.6 Å². The molecule has 2 atom stereocenters. The lowest BCUT2D eigenvalue weighted by molar-refractivity contribution is -0.133. The third kappa shape index (κ3) is 4.51. The largest absolute Gasteiger partial charge is 0.340 e. The number of nitrogens with two attached hydrogens (primary N) is 1. The lowest BCUT2D eigenvalue weighted by atomic mass is 9.99. The van der Waals surface area contributed by atoms with Crippen molar-refractivity contribution in [2.75, 3.05) is 26.2 Å². The number of piperazine rings is 1. The Morgan fingerprint density at radius 1 is 1.15 bits per heavy atom. The summed E-state index contributed by atoms with van der Waals surface area (Å²) in [6.07, 6.45) is 3.55. The fourth-order valence-electron chi connectivity index (χ4n) is 3.64. The maximum Gasteiger partial charge on any atom is 0.244 e. The summed E-state index contributed by atoms with van der Waals surface area (Å²) in [5, 5.41) is 0.219. The van der Waals surface area contributed by atoms with Crippen molar-refractivity contribution in [2.45, 2.75) is 36.6 Å². The van der Waals surface area contributed by atoms with Gasteiger partial charge in [0.2, 0.25) is 15.9 Å². The Kier molecular flexibility index (Phi) is 7.33. The summed E-state index contributed by atoms with van der Waals surface area (Å²) >= 11 is 6.03. The summed E-state index contributed by atoms with van der Waals surface area (Å²) in [6.45, 7) is 1.39. The molecule has 1 heterocycles. The standard InChI is InChI=1S/C17H24ClN3O3S.ClH/c18-14-5-1-2-7-16(14)25(23,24)21-10-8-20(9-11-21)17(22)12-13-4-3-6-15(13)19;/h1-2,5,7,13,15H,3-4,6,8-12,19H2;1H/t13-,15+;/m0./s1. The van der Waals surface area contributed by atoms with Crippen LogP contribution in [0.2, 0.25) is 5.02 Å². The van der Waals surface area contributed by atoms with E-state index in [0.29, 0.717) is 19.5 Å². The molecule has 2 aliphatic rings. The van der Waals surface area contributed by atoms with E-state index in [9.17, 15) is 13.2 Å². The third-order valence-electron chi connectivity index (χ3n) is 5.20. The van der Waals surface area contributed by atoms with E-state index in [-0.39, 0.29) is 53.3 Å². The van der Waals surface area contributed by atoms with Crippen LogP contribution in [0.5, 0.6) is 0 Å². The van der Waals surface area contributed by atoms with Crippen molar-refractivity contribution in [1.82, 2.24) is 9.21 Å². The average molecular weight is 422 g/mol. The zero-order valence-corrected chi connectivity index (χ0v) is 16.9. The molecule has 1 saturated heterocycles. The number of hydrogen-bond acceptors (Lipinski definition) is 4. The van der Waals surface area contributed by atoms with Gasteiger partial charge in [0.1, 0.15) is 4.90 Å². The Balaban J connectivity index is 0.00000243. The molecule has 1 aromatic rings. The highest BCUT2D eigenvalue weighted by Gasteiger charge is 2.33. The van der Waals surface area contributed by atoms with E-state index in [0.717, 1.165) is 19.3 Å². The van der Waals surface area contributed by atoms with Crippen LogP contribution >= 0.6 is 24.0 Å². The first kappa shape index (κ1) is 21.4. The molecule has 2 N–H and O–H groups in total. The molecule has 0 unspecified atom stereocenters. The molecule has 1 aliphatic heterocycles. The molecule has 9 heteroatoms. The zero-order chi connectivity index (χ0) is 18.0. The normalized spacial score (nSPS) is 24.3. The lowest BCUT2D eigenvalue weighted by Crippen LogP contribution is -2.51. The SMILES string of the molecule is Cl.N[C@@H]1CCC[C@H]1CC(=O)N1CCN(S(=O)(=O)c2ccccc2Cl)CC1. The number of halogens is 2. The quantitative estimate of drug-likeness (QED) is 0.806. The van der Waals surface area contributed by atoms with Crippen LogP contribution in [0.1, 0.15) is 25.7 Å². The number of carbonyl (C=O) groups is 1. The summed E-state index contributed by atoms with van der Waals surface area (Å²) in [7, 11) is -3.63. The summed E-state index contributed by atoms with van der Waals surface area (Å²) in [5.74, 6) is 0.342. The molecule has 3 rings (SSSR count). The summed E-state index contributed by atoms with van der Waals surface area (Å²) in [5.41, 5.74) is 6.04. The lowest BCUT2D eigenvalue weighted by Gasteiger charge is -2.34. The van der Waals surface area contributed by atoms with E-state index in [1.54, 1.807) is 23.1 Å². The van der Waals surface area contributed by atoms with E-state index in [2.05, 4.69) is 0 Å². The highest BCUT2D eigenvalue weighted by atomic mass is 35.5. The average Bonchev–Trinajstić information content (AvgIpc) is 3.00. The van der Waals surface area contributed by atoms with E-state index in [1.807, 2.05) is 0 Å². The van der Waals surface area contributed by atoms with Crippen LogP contribution in [0, 0.1) is 5.92 Å². The number of rotatable bonds is 4. The molecule has 1 aromatic carbocycles. The molecule has 6 nitrogen and oxygen atoms in total. The van der Waals surface area contributed by atoms with Gasteiger partial charge in [0.25, 0.3) is 0 Å². The monoisotopic (exact) mass is 421 g/mol. The Bertz CT molecular complexity index is 737. The molecule has 0 aromatic heterocycles. The van der Waals surface area contributed by atoms with E-state index >= 15 is 0 Å². The minimum atomic E-state index is -3.63. The predicted octanol–water partition coefficient (Wildman–Crippen LogP) is 2.11. The van der Waals surface area contributed by atoms with E-state index in [1.165, 1.54) is 10.4 Å². The maximum absolute atomic E-state index is 12.7. The van der Waals surface area contributed by atoms with Crippen LogP contribution in [0.15, 0.2) is 29.2 Å². The minimum absolute atomic E-state index is 0. The highest BCUT2D eigenvalue weighted by molar-refractivity contribution is 7.89. The van der Waals surface area contributed by atoms with Gasteiger partial charge in [0.15, 0.2) is 0 Å². The number of hydrogen-bond donors (Lipinski definition) is 1. The zero-order valence-electron chi connectivity index (χ0n) is 14.5. The van der Waals surface area contributed by atoms with E-state index in [4.69, 9.17) is 17.3 Å². The molecule has 2 fully saturated rings. The number of benzene rings is 1. The van der Waals surface area contributed by atoms with Crippen molar-refractivity contribution >= 4 is 39.9 Å². The molecule has 146 valence electrons. The highest BCUT2D eigenvalue weighted by Crippen LogP contribution is 2.28. The number of carbonyl (C=O) groups excluding carboxylic acids is 1. The minimum Gasteiger partial charge on any atom is -0.340 e. The first-order chi connectivity index (χ1) is 11.9. The Labute approximate surface area is 166 Å². The van der Waals surface area contributed by atoms with Gasteiger partial charge in [-0.15, -0.1) is 12.4 Å². The van der Waals surface area contributed by atoms with Gasteiger partial charge in [-0.2, -0.15) is 4.31 Å². The van der Waals surface area contributed by atoms with Crippen LogP contribution < -0.4 is 5.73 Å². The molecule has 26 heavy (non-hydrogen) atoms. The van der Waals surface area contributed by atoms with Gasteiger partial charge < -0.3 is 10.6 Å². The fourth-order valence-corrected chi connectivity index (χ4v) is 5.56. The van der Waals surface area contributed by atoms with Crippen LogP contribution in [0.4, 0.5) is 0 Å². The molecule has 0 radical (unpaired) electrons. The van der Waals surface area contributed by atoms with Gasteiger partial charge in [-0.25, -0.2) is 8.42 Å². The third-order valence-corrected chi connectivity index (χ3v) is 7.60. The molecule has 0 spiro atoms. The second-order valence-electron chi connectivity index (χ2n) is 6.77. The van der Waals surface area contributed by atoms with E-state index < -0.39 is 10.0 Å². The first-order valence-corrected chi connectivity index (χ1v) is 10.5. The van der Waals surface area contributed by atoms with Gasteiger partial charge in [0.05, 0.1) is 5.02 Å². The Hall–Kier alpha value is -0.860. The van der Waals surface area contributed by atoms with Crippen molar-refractivity contribution in [3.63, 3.8) is 0 Å². The second-order valence-corrected chi connectivity index (χ2v) is 9.09. The van der Waals surface area contributed by atoms with Crippen LogP contribution in [0.25, 0.3) is 0 Å². The Morgan fingerprint density at radius 3 is 2.38 bits per heavy atom. The number of sulfonamides is 1. The summed E-state index contributed by atoms with van der Waals surface area (Å²) < 4.78 is 26.9. The molecule has 1 amide bonds. The van der Waals surface area contributed by atoms with Gasteiger partial charge >= 0.3 is 0 Å². The van der Waals surface area contributed by atoms with Crippen molar-refractivity contribution < 1.29 is 13.2 Å². The van der Waals surface area contributed by atoms with Crippen LogP contribution in [-0.4, -0.2) is 55.8 Å². The Morgan fingerprint density at radius 2 is 1.81 bits per heavy atom. The number of nitrogens with zero attached hydrogens (tertiary/aromatic N) is 2. The van der Waals surface area contributed by atoms with Crippen LogP contribution in [-0.2, 0) is 14.8 Å². The van der Waals surface area contributed by atoms with Crippen molar-refractivity contribution in [3.05, 3.63) is 29.3 Å². The summed E-state index contributed by atoms with van der Waals surface area (Å²) in [6, 6.07) is 6.55. The molecule has 1 aliphatic carbocycles. The van der Waals surface area contributed by atoms with Crippen molar-refractivity contribution in [2.24, 2.45) is 11.7 Å².